The van der Waals surface area contributed by atoms with Crippen molar-refractivity contribution < 1.29 is 33.4 Å². The Balaban J connectivity index is 1.84. The lowest BCUT2D eigenvalue weighted by Crippen LogP contribution is -2.35. The molecule has 144 valence electrons. The van der Waals surface area contributed by atoms with Gasteiger partial charge >= 0.3 is 18.0 Å². The number of methoxy groups -OCH3 is 1. The smallest absolute Gasteiger partial charge is 0.337 e. The molecule has 9 nitrogen and oxygen atoms in total. The van der Waals surface area contributed by atoms with Crippen LogP contribution in [-0.2, 0) is 14.3 Å². The Bertz CT molecular complexity index is 1020. The molecule has 1 fully saturated rings. The average Bonchev–Trinajstić information content (AvgIpc) is 3.21. The van der Waals surface area contributed by atoms with E-state index in [1.807, 2.05) is 6.92 Å². The number of carboxylic acid groups (broad SMARTS) is 1. The number of carbonyl (C=O) groups excluding carboxylic acids is 3. The van der Waals surface area contributed by atoms with Gasteiger partial charge in [0.1, 0.15) is 23.8 Å². The molecule has 0 saturated carbocycles. The molecule has 1 aliphatic heterocycles. The summed E-state index contributed by atoms with van der Waals surface area (Å²) in [6.45, 7) is 1.09. The molecule has 0 unspecified atom stereocenters. The lowest BCUT2D eigenvalue weighted by molar-refractivity contribution is -0.140. The van der Waals surface area contributed by atoms with Crippen LogP contribution in [0.3, 0.4) is 0 Å². The van der Waals surface area contributed by atoms with Gasteiger partial charge in [0, 0.05) is 11.6 Å². The number of amides is 3. The molecule has 2 N–H and O–H groups in total. The van der Waals surface area contributed by atoms with E-state index in [0.717, 1.165) is 11.1 Å². The molecule has 1 saturated heterocycles. The molecular weight excluding hydrogens is 368 g/mol. The summed E-state index contributed by atoms with van der Waals surface area (Å²) in [6.07, 6.45) is 1.32. The van der Waals surface area contributed by atoms with Crippen LogP contribution in [0, 0.1) is 6.92 Å². The number of carbonyl (C=O) groups is 4. The fraction of sp³-hybridized carbons (Fsp3) is 0.158. The van der Waals surface area contributed by atoms with Crippen LogP contribution in [0.1, 0.15) is 21.7 Å². The van der Waals surface area contributed by atoms with Crippen molar-refractivity contribution in [2.75, 3.05) is 13.7 Å². The van der Waals surface area contributed by atoms with Gasteiger partial charge < -0.3 is 19.6 Å². The summed E-state index contributed by atoms with van der Waals surface area (Å²) in [5, 5.41) is 11.1. The van der Waals surface area contributed by atoms with Gasteiger partial charge in [-0.05, 0) is 36.8 Å². The Labute approximate surface area is 159 Å². The third kappa shape index (κ3) is 3.63. The Morgan fingerprint density at radius 1 is 1.25 bits per heavy atom. The van der Waals surface area contributed by atoms with E-state index >= 15 is 0 Å². The van der Waals surface area contributed by atoms with Gasteiger partial charge in [0.2, 0.25) is 0 Å². The quantitative estimate of drug-likeness (QED) is 0.459. The molecule has 1 aromatic heterocycles. The van der Waals surface area contributed by atoms with Gasteiger partial charge in [0.15, 0.2) is 0 Å². The number of rotatable bonds is 5. The number of benzene rings is 1. The standard InChI is InChI=1S/C19H16N2O7/c1-10-7-11(18(25)27-2)3-5-13(10)15-6-4-12(28-15)8-14-17(24)21(9-16(22)23)19(26)20-14/h3-8H,9H2,1-2H3,(H,20,26)(H,22,23)/b14-8+. The van der Waals surface area contributed by atoms with E-state index in [9.17, 15) is 19.2 Å². The number of carboxylic acids is 1. The minimum Gasteiger partial charge on any atom is -0.480 e. The Morgan fingerprint density at radius 3 is 2.64 bits per heavy atom. The maximum absolute atomic E-state index is 12.1. The van der Waals surface area contributed by atoms with Crippen molar-refractivity contribution >= 4 is 30.0 Å². The molecule has 0 atom stereocenters. The van der Waals surface area contributed by atoms with Crippen molar-refractivity contribution in [1.29, 1.82) is 0 Å². The molecule has 2 heterocycles. The van der Waals surface area contributed by atoms with Crippen LogP contribution in [0.5, 0.6) is 0 Å². The van der Waals surface area contributed by atoms with E-state index in [2.05, 4.69) is 10.1 Å². The van der Waals surface area contributed by atoms with E-state index in [1.165, 1.54) is 13.2 Å². The summed E-state index contributed by atoms with van der Waals surface area (Å²) < 4.78 is 10.4. The third-order valence-corrected chi connectivity index (χ3v) is 4.08. The Morgan fingerprint density at radius 2 is 2.00 bits per heavy atom. The highest BCUT2D eigenvalue weighted by atomic mass is 16.5. The summed E-state index contributed by atoms with van der Waals surface area (Å²) in [7, 11) is 1.30. The largest absolute Gasteiger partial charge is 0.480 e. The number of nitrogens with zero attached hydrogens (tertiary/aromatic N) is 1. The Hall–Kier alpha value is -3.88. The molecule has 1 aliphatic rings. The molecule has 0 radical (unpaired) electrons. The maximum Gasteiger partial charge on any atom is 0.337 e. The zero-order valence-electron chi connectivity index (χ0n) is 15.0. The first-order valence-electron chi connectivity index (χ1n) is 8.15. The highest BCUT2D eigenvalue weighted by Gasteiger charge is 2.35. The van der Waals surface area contributed by atoms with E-state index < -0.39 is 30.4 Å². The molecular formula is C19H16N2O7. The number of furan rings is 1. The highest BCUT2D eigenvalue weighted by Crippen LogP contribution is 2.27. The number of esters is 1. The predicted molar refractivity (Wildman–Crippen MR) is 96.1 cm³/mol. The second-order valence-electron chi connectivity index (χ2n) is 6.00. The topological polar surface area (TPSA) is 126 Å². The fourth-order valence-corrected chi connectivity index (χ4v) is 2.75. The van der Waals surface area contributed by atoms with Gasteiger partial charge in [-0.25, -0.2) is 14.5 Å². The Kier molecular flexibility index (Phi) is 4.99. The van der Waals surface area contributed by atoms with Crippen LogP contribution in [0.15, 0.2) is 40.4 Å². The molecule has 0 bridgehead atoms. The molecule has 3 rings (SSSR count). The average molecular weight is 384 g/mol. The van der Waals surface area contributed by atoms with Crippen LogP contribution in [0.25, 0.3) is 17.4 Å². The van der Waals surface area contributed by atoms with Crippen molar-refractivity contribution in [1.82, 2.24) is 10.2 Å². The lowest BCUT2D eigenvalue weighted by atomic mass is 10.0. The number of aliphatic carboxylic acids is 1. The number of ether oxygens (including phenoxy) is 1. The zero-order chi connectivity index (χ0) is 20.4. The molecule has 0 aliphatic carbocycles. The van der Waals surface area contributed by atoms with Crippen LogP contribution >= 0.6 is 0 Å². The summed E-state index contributed by atoms with van der Waals surface area (Å²) >= 11 is 0. The monoisotopic (exact) mass is 384 g/mol. The van der Waals surface area contributed by atoms with Crippen molar-refractivity contribution in [2.45, 2.75) is 6.92 Å². The van der Waals surface area contributed by atoms with Crippen LogP contribution < -0.4 is 5.32 Å². The van der Waals surface area contributed by atoms with Crippen molar-refractivity contribution in [3.8, 4) is 11.3 Å². The summed E-state index contributed by atoms with van der Waals surface area (Å²) in [4.78, 5) is 46.8. The number of hydrogen-bond acceptors (Lipinski definition) is 6. The molecule has 2 aromatic rings. The van der Waals surface area contributed by atoms with E-state index in [-0.39, 0.29) is 5.70 Å². The molecule has 0 spiro atoms. The first kappa shape index (κ1) is 18.9. The molecule has 3 amide bonds. The highest BCUT2D eigenvalue weighted by molar-refractivity contribution is 6.15. The summed E-state index contributed by atoms with van der Waals surface area (Å²) in [5.41, 5.74) is 1.86. The second kappa shape index (κ2) is 7.39. The number of urea groups is 1. The molecule has 9 heteroatoms. The normalized spacial score (nSPS) is 15.1. The van der Waals surface area contributed by atoms with Crippen LogP contribution in [0.2, 0.25) is 0 Å². The SMILES string of the molecule is COC(=O)c1ccc(-c2ccc(/C=C3/NC(=O)N(CC(=O)O)C3=O)o2)c(C)c1. The second-order valence-corrected chi connectivity index (χ2v) is 6.00. The molecule has 1 aromatic carbocycles. The van der Waals surface area contributed by atoms with E-state index in [1.54, 1.807) is 30.3 Å². The van der Waals surface area contributed by atoms with Gasteiger partial charge in [0.25, 0.3) is 5.91 Å². The summed E-state index contributed by atoms with van der Waals surface area (Å²) in [5.74, 6) is -1.69. The van der Waals surface area contributed by atoms with Gasteiger partial charge in [-0.2, -0.15) is 0 Å². The van der Waals surface area contributed by atoms with Crippen molar-refractivity contribution in [2.24, 2.45) is 0 Å². The minimum absolute atomic E-state index is 0.0788. The maximum atomic E-state index is 12.1. The van der Waals surface area contributed by atoms with Gasteiger partial charge in [0.05, 0.1) is 12.7 Å². The van der Waals surface area contributed by atoms with Crippen molar-refractivity contribution in [3.05, 3.63) is 52.9 Å². The van der Waals surface area contributed by atoms with Crippen LogP contribution in [0.4, 0.5) is 4.79 Å². The first-order valence-corrected chi connectivity index (χ1v) is 8.15. The van der Waals surface area contributed by atoms with Gasteiger partial charge in [-0.3, -0.25) is 9.59 Å². The number of imide groups is 1. The van der Waals surface area contributed by atoms with E-state index in [0.29, 0.717) is 22.0 Å². The van der Waals surface area contributed by atoms with Crippen molar-refractivity contribution in [3.63, 3.8) is 0 Å². The predicted octanol–water partition coefficient (Wildman–Crippen LogP) is 2.02. The fourth-order valence-electron chi connectivity index (χ4n) is 2.75. The third-order valence-electron chi connectivity index (χ3n) is 4.08. The van der Waals surface area contributed by atoms with Gasteiger partial charge in [-0.15, -0.1) is 0 Å². The molecule has 28 heavy (non-hydrogen) atoms. The van der Waals surface area contributed by atoms with Gasteiger partial charge in [-0.1, -0.05) is 6.07 Å². The van der Waals surface area contributed by atoms with E-state index in [4.69, 9.17) is 9.52 Å². The summed E-state index contributed by atoms with van der Waals surface area (Å²) in [6, 6.07) is 7.48. The number of aryl methyl sites for hydroxylation is 1. The number of nitrogens with one attached hydrogen (secondary N) is 1. The lowest BCUT2D eigenvalue weighted by Gasteiger charge is -2.06. The number of hydrogen-bond donors (Lipinski definition) is 2. The van der Waals surface area contributed by atoms with Crippen LogP contribution in [-0.4, -0.2) is 47.5 Å². The zero-order valence-corrected chi connectivity index (χ0v) is 15.0. The first-order chi connectivity index (χ1) is 13.3. The minimum atomic E-state index is -1.30.